The molecule has 1 aromatic heterocycles. The van der Waals surface area contributed by atoms with Crippen molar-refractivity contribution < 1.29 is 19.1 Å². The summed E-state index contributed by atoms with van der Waals surface area (Å²) in [6.07, 6.45) is 5.78. The zero-order valence-electron chi connectivity index (χ0n) is 23.2. The van der Waals surface area contributed by atoms with Crippen molar-refractivity contribution in [3.8, 4) is 5.75 Å². The number of nitrogens with zero attached hydrogens (tertiary/aromatic N) is 3. The summed E-state index contributed by atoms with van der Waals surface area (Å²) in [6, 6.07) is 12.9. The van der Waals surface area contributed by atoms with E-state index in [1.54, 1.807) is 0 Å². The summed E-state index contributed by atoms with van der Waals surface area (Å²) in [5, 5.41) is 0.784. The van der Waals surface area contributed by atoms with Crippen LogP contribution < -0.4 is 9.64 Å². The minimum atomic E-state index is -0.397. The van der Waals surface area contributed by atoms with Crippen LogP contribution in [0.1, 0.15) is 73.6 Å². The Bertz CT molecular complexity index is 1340. The molecule has 5 rings (SSSR count). The van der Waals surface area contributed by atoms with Gasteiger partial charge in [-0.2, -0.15) is 0 Å². The fraction of sp³-hybridized carbons (Fsp3) is 0.484. The molecule has 8 heteroatoms. The van der Waals surface area contributed by atoms with E-state index in [1.807, 2.05) is 19.1 Å². The molecule has 0 spiro atoms. The van der Waals surface area contributed by atoms with E-state index >= 15 is 0 Å². The lowest BCUT2D eigenvalue weighted by Crippen LogP contribution is -2.46. The van der Waals surface area contributed by atoms with Crippen LogP contribution in [0.5, 0.6) is 5.75 Å². The highest BCUT2D eigenvalue weighted by atomic mass is 79.9. The fourth-order valence-corrected chi connectivity index (χ4v) is 6.48. The zero-order chi connectivity index (χ0) is 27.5. The molecule has 2 heterocycles. The summed E-state index contributed by atoms with van der Waals surface area (Å²) in [5.74, 6) is -0.299. The van der Waals surface area contributed by atoms with Crippen LogP contribution in [0.2, 0.25) is 0 Å². The van der Waals surface area contributed by atoms with Gasteiger partial charge in [-0.15, -0.1) is 0 Å². The van der Waals surface area contributed by atoms with Gasteiger partial charge in [-0.3, -0.25) is 9.69 Å². The van der Waals surface area contributed by atoms with Gasteiger partial charge in [0.25, 0.3) is 0 Å². The first-order valence-corrected chi connectivity index (χ1v) is 14.9. The number of aromatic nitrogens is 1. The van der Waals surface area contributed by atoms with E-state index in [0.717, 1.165) is 55.6 Å². The third-order valence-corrected chi connectivity index (χ3v) is 8.60. The van der Waals surface area contributed by atoms with Crippen LogP contribution in [0, 0.1) is 6.92 Å². The number of rotatable bonds is 7. The Kier molecular flexibility index (Phi) is 8.62. The van der Waals surface area contributed by atoms with Gasteiger partial charge in [-0.1, -0.05) is 37.0 Å². The highest BCUT2D eigenvalue weighted by Gasteiger charge is 2.31. The number of piperazine rings is 1. The van der Waals surface area contributed by atoms with Crippen LogP contribution >= 0.6 is 15.9 Å². The molecule has 0 amide bonds. The van der Waals surface area contributed by atoms with Crippen molar-refractivity contribution in [2.45, 2.75) is 65.5 Å². The average Bonchev–Trinajstić information content (AvgIpc) is 3.22. The first kappa shape index (κ1) is 27.7. The Morgan fingerprint density at radius 2 is 1.69 bits per heavy atom. The van der Waals surface area contributed by atoms with Crippen LogP contribution in [0.3, 0.4) is 0 Å². The topological polar surface area (TPSA) is 64.0 Å². The summed E-state index contributed by atoms with van der Waals surface area (Å²) in [7, 11) is 0. The Hall–Kier alpha value is -2.84. The quantitative estimate of drug-likeness (QED) is 0.225. The summed E-state index contributed by atoms with van der Waals surface area (Å²) in [4.78, 5) is 30.2. The summed E-state index contributed by atoms with van der Waals surface area (Å²) < 4.78 is 14.2. The number of hydrogen-bond acceptors (Lipinski definition) is 6. The van der Waals surface area contributed by atoms with Gasteiger partial charge < -0.3 is 18.9 Å². The minimum Gasteiger partial charge on any atom is -0.462 e. The fourth-order valence-electron chi connectivity index (χ4n) is 6.07. The van der Waals surface area contributed by atoms with Crippen LogP contribution in [0.4, 0.5) is 5.69 Å². The van der Waals surface area contributed by atoms with Crippen LogP contribution in [-0.2, 0) is 16.1 Å². The number of aryl methyl sites for hydroxylation is 1. The van der Waals surface area contributed by atoms with Gasteiger partial charge in [0.15, 0.2) is 0 Å². The van der Waals surface area contributed by atoms with Crippen molar-refractivity contribution in [1.82, 2.24) is 9.47 Å². The molecule has 1 aliphatic carbocycles. The van der Waals surface area contributed by atoms with Crippen LogP contribution in [0.25, 0.3) is 10.9 Å². The van der Waals surface area contributed by atoms with Gasteiger partial charge in [0, 0.05) is 62.5 Å². The Balaban J connectivity index is 1.54. The number of benzene rings is 2. The average molecular weight is 597 g/mol. The first-order valence-electron chi connectivity index (χ1n) is 14.1. The normalized spacial score (nSPS) is 17.0. The van der Waals surface area contributed by atoms with Crippen molar-refractivity contribution >= 4 is 44.5 Å². The standard InChI is InChI=1S/C31H38BrN3O4/c1-4-38-31(37)30-25-18-29(39-22(3)36)26(32)19-27(25)35(24-8-6-5-7-9-24)28(30)20-33-14-16-34(17-15-33)23-12-10-21(2)11-13-23/h10-13,18-19,24H,4-9,14-17,20H2,1-3H3. The van der Waals surface area contributed by atoms with Crippen LogP contribution in [-0.4, -0.2) is 54.2 Å². The van der Waals surface area contributed by atoms with E-state index < -0.39 is 5.97 Å². The van der Waals surface area contributed by atoms with Crippen molar-refractivity contribution in [2.75, 3.05) is 37.7 Å². The second-order valence-corrected chi connectivity index (χ2v) is 11.6. The Morgan fingerprint density at radius 1 is 1.00 bits per heavy atom. The largest absolute Gasteiger partial charge is 0.462 e. The minimum absolute atomic E-state index is 0.303. The molecule has 1 saturated carbocycles. The van der Waals surface area contributed by atoms with E-state index in [-0.39, 0.29) is 5.97 Å². The van der Waals surface area contributed by atoms with Gasteiger partial charge in [0.1, 0.15) is 5.75 Å². The van der Waals surface area contributed by atoms with E-state index in [9.17, 15) is 9.59 Å². The molecule has 39 heavy (non-hydrogen) atoms. The maximum absolute atomic E-state index is 13.5. The summed E-state index contributed by atoms with van der Waals surface area (Å²) in [5.41, 5.74) is 5.11. The number of anilines is 1. The van der Waals surface area contributed by atoms with E-state index in [0.29, 0.717) is 35.0 Å². The number of ether oxygens (including phenoxy) is 2. The maximum atomic E-state index is 13.5. The van der Waals surface area contributed by atoms with Gasteiger partial charge in [0.2, 0.25) is 0 Å². The number of esters is 2. The molecule has 0 bridgehead atoms. The lowest BCUT2D eigenvalue weighted by molar-refractivity contribution is -0.131. The second-order valence-electron chi connectivity index (χ2n) is 10.7. The first-order chi connectivity index (χ1) is 18.9. The van der Waals surface area contributed by atoms with E-state index in [2.05, 4.69) is 61.5 Å². The lowest BCUT2D eigenvalue weighted by atomic mass is 9.95. The van der Waals surface area contributed by atoms with Crippen molar-refractivity contribution in [1.29, 1.82) is 0 Å². The Morgan fingerprint density at radius 3 is 2.33 bits per heavy atom. The number of carbonyl (C=O) groups excluding carboxylic acids is 2. The monoisotopic (exact) mass is 595 g/mol. The summed E-state index contributed by atoms with van der Waals surface area (Å²) in [6.45, 7) is 9.99. The number of carbonyl (C=O) groups is 2. The van der Waals surface area contributed by atoms with Crippen molar-refractivity contribution in [2.24, 2.45) is 0 Å². The molecular weight excluding hydrogens is 558 g/mol. The molecule has 3 aromatic rings. The molecule has 2 aromatic carbocycles. The highest BCUT2D eigenvalue weighted by Crippen LogP contribution is 2.41. The SMILES string of the molecule is CCOC(=O)c1c(CN2CCN(c3ccc(C)cc3)CC2)n(C2CCCCC2)c2cc(Br)c(OC(C)=O)cc12. The van der Waals surface area contributed by atoms with Gasteiger partial charge in [0.05, 0.1) is 22.2 Å². The van der Waals surface area contributed by atoms with E-state index in [4.69, 9.17) is 9.47 Å². The molecule has 2 aliphatic rings. The molecule has 2 fully saturated rings. The molecule has 0 N–H and O–H groups in total. The molecule has 1 saturated heterocycles. The highest BCUT2D eigenvalue weighted by molar-refractivity contribution is 9.10. The smallest absolute Gasteiger partial charge is 0.340 e. The predicted octanol–water partition coefficient (Wildman–Crippen LogP) is 6.64. The molecule has 7 nitrogen and oxygen atoms in total. The molecular formula is C31H38BrN3O4. The third kappa shape index (κ3) is 6.02. The number of halogens is 1. The number of fused-ring (bicyclic) bond motifs is 1. The predicted molar refractivity (Wildman–Crippen MR) is 158 cm³/mol. The van der Waals surface area contributed by atoms with Crippen molar-refractivity contribution in [3.05, 3.63) is 57.7 Å². The van der Waals surface area contributed by atoms with Gasteiger partial charge >= 0.3 is 11.9 Å². The summed E-state index contributed by atoms with van der Waals surface area (Å²) >= 11 is 3.61. The molecule has 208 valence electrons. The molecule has 0 atom stereocenters. The second kappa shape index (κ2) is 12.1. The zero-order valence-corrected chi connectivity index (χ0v) is 24.8. The van der Waals surface area contributed by atoms with Gasteiger partial charge in [-0.25, -0.2) is 4.79 Å². The van der Waals surface area contributed by atoms with Gasteiger partial charge in [-0.05, 0) is 66.9 Å². The maximum Gasteiger partial charge on any atom is 0.340 e. The molecule has 1 aliphatic heterocycles. The molecule has 0 radical (unpaired) electrons. The van der Waals surface area contributed by atoms with Crippen molar-refractivity contribution in [3.63, 3.8) is 0 Å². The van der Waals surface area contributed by atoms with E-state index in [1.165, 1.54) is 37.4 Å². The number of hydrogen-bond donors (Lipinski definition) is 0. The molecule has 0 unspecified atom stereocenters. The van der Waals surface area contributed by atoms with Crippen LogP contribution in [0.15, 0.2) is 40.9 Å². The Labute approximate surface area is 239 Å². The third-order valence-electron chi connectivity index (χ3n) is 7.98. The lowest BCUT2D eigenvalue weighted by Gasteiger charge is -2.37.